The zero-order valence-electron chi connectivity index (χ0n) is 26.0. The Balaban J connectivity index is 1.44. The van der Waals surface area contributed by atoms with Crippen LogP contribution in [0.15, 0.2) is 124 Å². The van der Waals surface area contributed by atoms with Crippen LogP contribution in [0.3, 0.4) is 0 Å². The van der Waals surface area contributed by atoms with Gasteiger partial charge in [0, 0.05) is 49.7 Å². The van der Waals surface area contributed by atoms with Gasteiger partial charge in [0.25, 0.3) is 5.56 Å². The number of para-hydroxylation sites is 1. The number of esters is 1. The van der Waals surface area contributed by atoms with Gasteiger partial charge in [-0.2, -0.15) is 0 Å². The van der Waals surface area contributed by atoms with E-state index in [-0.39, 0.29) is 12.2 Å². The average molecular weight is 711 g/mol. The van der Waals surface area contributed by atoms with Crippen molar-refractivity contribution in [1.29, 1.82) is 0 Å². The maximum Gasteiger partial charge on any atom is 0.338 e. The quantitative estimate of drug-likeness (QED) is 0.119. The Hall–Kier alpha value is -4.34. The Morgan fingerprint density at radius 3 is 2.48 bits per heavy atom. The lowest BCUT2D eigenvalue weighted by molar-refractivity contribution is -0.138. The van der Waals surface area contributed by atoms with Crippen molar-refractivity contribution in [2.75, 3.05) is 12.9 Å². The molecule has 48 heavy (non-hydrogen) atoms. The van der Waals surface area contributed by atoms with Gasteiger partial charge in [0.05, 0.1) is 28.5 Å². The normalized spacial score (nSPS) is 14.7. The third-order valence-corrected chi connectivity index (χ3v) is 10.6. The molecular weight excluding hydrogens is 681 g/mol. The zero-order chi connectivity index (χ0) is 33.4. The van der Waals surface area contributed by atoms with Crippen LogP contribution in [0.25, 0.3) is 22.7 Å². The lowest BCUT2D eigenvalue weighted by Gasteiger charge is -2.26. The smallest absolute Gasteiger partial charge is 0.338 e. The van der Waals surface area contributed by atoms with E-state index in [1.165, 1.54) is 11.3 Å². The summed E-state index contributed by atoms with van der Waals surface area (Å²) in [6, 6.07) is 30.3. The maximum absolute atomic E-state index is 14.5. The molecule has 0 spiro atoms. The first kappa shape index (κ1) is 32.2. The molecule has 4 aromatic carbocycles. The molecule has 7 rings (SSSR count). The first-order chi connectivity index (χ1) is 23.4. The van der Waals surface area contributed by atoms with Crippen molar-refractivity contribution in [2.45, 2.75) is 24.4 Å². The summed E-state index contributed by atoms with van der Waals surface area (Å²) in [5.41, 5.74) is 4.98. The third-order valence-electron chi connectivity index (χ3n) is 8.27. The van der Waals surface area contributed by atoms with Gasteiger partial charge < -0.3 is 9.30 Å². The van der Waals surface area contributed by atoms with Crippen molar-refractivity contribution >= 4 is 74.9 Å². The first-order valence-electron chi connectivity index (χ1n) is 15.3. The molecule has 1 aliphatic rings. The summed E-state index contributed by atoms with van der Waals surface area (Å²) in [6.45, 7) is 2.49. The Kier molecular flexibility index (Phi) is 9.16. The van der Waals surface area contributed by atoms with Gasteiger partial charge in [0.2, 0.25) is 0 Å². The van der Waals surface area contributed by atoms with Crippen LogP contribution in [-0.2, 0) is 16.1 Å². The number of halogens is 2. The standard InChI is InChI=1S/C38H29Cl2N3O3S2/c1-3-46-37(45)33-34(23-9-5-4-6-10-23)41-38-43(35(33)24-14-17-28(47-2)18-15-24)36(44)32(48-38)19-26-22-42(31-12-8-7-11-29(26)31)21-25-13-16-27(39)20-30(25)40/h4-20,22,35H,3,21H2,1-2H3/b32-19-/t35-/m0/s1. The Morgan fingerprint density at radius 1 is 1.00 bits per heavy atom. The number of carbonyl (C=O) groups excluding carboxylic acids is 1. The fourth-order valence-corrected chi connectivity index (χ4v) is 7.91. The molecule has 240 valence electrons. The number of hydrogen-bond acceptors (Lipinski definition) is 6. The number of aromatic nitrogens is 2. The van der Waals surface area contributed by atoms with E-state index in [0.717, 1.165) is 38.1 Å². The van der Waals surface area contributed by atoms with Crippen molar-refractivity contribution in [3.05, 3.63) is 161 Å². The summed E-state index contributed by atoms with van der Waals surface area (Å²) in [5.74, 6) is -0.503. The van der Waals surface area contributed by atoms with Crippen molar-refractivity contribution < 1.29 is 9.53 Å². The topological polar surface area (TPSA) is 65.6 Å². The first-order valence-corrected chi connectivity index (χ1v) is 18.1. The minimum absolute atomic E-state index is 0.193. The van der Waals surface area contributed by atoms with Crippen molar-refractivity contribution in [1.82, 2.24) is 9.13 Å². The van der Waals surface area contributed by atoms with Crippen molar-refractivity contribution in [3.63, 3.8) is 0 Å². The molecule has 6 aromatic rings. The third kappa shape index (κ3) is 6.05. The van der Waals surface area contributed by atoms with Crippen LogP contribution in [0, 0.1) is 0 Å². The number of fused-ring (bicyclic) bond motifs is 2. The number of rotatable bonds is 8. The van der Waals surface area contributed by atoms with Crippen LogP contribution in [0.1, 0.15) is 35.2 Å². The molecule has 0 unspecified atom stereocenters. The van der Waals surface area contributed by atoms with Crippen molar-refractivity contribution in [2.24, 2.45) is 4.99 Å². The lowest BCUT2D eigenvalue weighted by Crippen LogP contribution is -2.40. The van der Waals surface area contributed by atoms with Gasteiger partial charge in [-0.3, -0.25) is 9.36 Å². The highest BCUT2D eigenvalue weighted by molar-refractivity contribution is 7.98. The molecule has 3 heterocycles. The number of nitrogens with zero attached hydrogens (tertiary/aromatic N) is 3. The highest BCUT2D eigenvalue weighted by atomic mass is 35.5. The fraction of sp³-hybridized carbons (Fsp3) is 0.132. The number of thioether (sulfide) groups is 1. The van der Waals surface area contributed by atoms with E-state index in [0.29, 0.717) is 37.2 Å². The number of thiazole rings is 1. The molecule has 10 heteroatoms. The molecule has 0 amide bonds. The molecule has 1 aliphatic heterocycles. The van der Waals surface area contributed by atoms with Gasteiger partial charge in [-0.1, -0.05) is 101 Å². The highest BCUT2D eigenvalue weighted by Crippen LogP contribution is 2.36. The summed E-state index contributed by atoms with van der Waals surface area (Å²) in [4.78, 5) is 34.8. The van der Waals surface area contributed by atoms with E-state index in [1.807, 2.05) is 110 Å². The monoisotopic (exact) mass is 709 g/mol. The summed E-state index contributed by atoms with van der Waals surface area (Å²) < 4.78 is 9.86. The molecule has 0 fully saturated rings. The molecule has 0 saturated carbocycles. The minimum Gasteiger partial charge on any atom is -0.463 e. The Labute approximate surface area is 295 Å². The lowest BCUT2D eigenvalue weighted by atomic mass is 9.93. The van der Waals surface area contributed by atoms with Gasteiger partial charge in [0.15, 0.2) is 4.80 Å². The van der Waals surface area contributed by atoms with E-state index in [9.17, 15) is 9.59 Å². The van der Waals surface area contributed by atoms with Crippen LogP contribution < -0.4 is 14.9 Å². The molecule has 0 bridgehead atoms. The summed E-state index contributed by atoms with van der Waals surface area (Å²) in [5, 5.41) is 2.17. The predicted octanol–water partition coefficient (Wildman–Crippen LogP) is 7.97. The van der Waals surface area contributed by atoms with E-state index in [4.69, 9.17) is 32.9 Å². The SMILES string of the molecule is CCOC(=O)C1=C(c2ccccc2)N=c2s/c(=C\c3cn(Cc4ccc(Cl)cc4Cl)c4ccccc34)c(=O)n2[C@H]1c1ccc(SC)cc1. The summed E-state index contributed by atoms with van der Waals surface area (Å²) in [7, 11) is 0. The molecule has 6 nitrogen and oxygen atoms in total. The van der Waals surface area contributed by atoms with E-state index in [1.54, 1.807) is 29.3 Å². The van der Waals surface area contributed by atoms with Crippen LogP contribution in [0.5, 0.6) is 0 Å². The van der Waals surface area contributed by atoms with Crippen LogP contribution in [0.2, 0.25) is 10.0 Å². The highest BCUT2D eigenvalue weighted by Gasteiger charge is 2.35. The maximum atomic E-state index is 14.5. The Morgan fingerprint density at radius 2 is 1.75 bits per heavy atom. The minimum atomic E-state index is -0.734. The van der Waals surface area contributed by atoms with Gasteiger partial charge >= 0.3 is 5.97 Å². The number of benzene rings is 4. The molecule has 2 aromatic heterocycles. The van der Waals surface area contributed by atoms with E-state index < -0.39 is 12.0 Å². The largest absolute Gasteiger partial charge is 0.463 e. The second kappa shape index (κ2) is 13.6. The van der Waals surface area contributed by atoms with Crippen LogP contribution >= 0.6 is 46.3 Å². The van der Waals surface area contributed by atoms with Gasteiger partial charge in [-0.25, -0.2) is 9.79 Å². The number of hydrogen-bond donors (Lipinski definition) is 0. The van der Waals surface area contributed by atoms with Crippen LogP contribution in [-0.4, -0.2) is 28.0 Å². The number of carbonyl (C=O) groups is 1. The molecule has 0 aliphatic carbocycles. The zero-order valence-corrected chi connectivity index (χ0v) is 29.2. The van der Waals surface area contributed by atoms with Crippen LogP contribution in [0.4, 0.5) is 0 Å². The van der Waals surface area contributed by atoms with Gasteiger partial charge in [-0.15, -0.1) is 11.8 Å². The Bertz CT molecular complexity index is 2390. The second-order valence-electron chi connectivity index (χ2n) is 11.2. The van der Waals surface area contributed by atoms with E-state index in [2.05, 4.69) is 4.57 Å². The predicted molar refractivity (Wildman–Crippen MR) is 197 cm³/mol. The average Bonchev–Trinajstić information content (AvgIpc) is 3.61. The second-order valence-corrected chi connectivity index (χ2v) is 13.9. The summed E-state index contributed by atoms with van der Waals surface area (Å²) >= 11 is 15.6. The van der Waals surface area contributed by atoms with E-state index >= 15 is 0 Å². The molecule has 1 atom stereocenters. The molecule has 0 radical (unpaired) electrons. The van der Waals surface area contributed by atoms with Gasteiger partial charge in [-0.05, 0) is 60.7 Å². The molecule has 0 N–H and O–H groups in total. The fourth-order valence-electron chi connectivity index (χ4n) is 6.04. The molecular formula is C38H29Cl2N3O3S2. The van der Waals surface area contributed by atoms with Crippen molar-refractivity contribution in [3.8, 4) is 0 Å². The number of ether oxygens (including phenoxy) is 1. The van der Waals surface area contributed by atoms with Gasteiger partial charge in [0.1, 0.15) is 0 Å². The molecule has 0 saturated heterocycles. The summed E-state index contributed by atoms with van der Waals surface area (Å²) in [6.07, 6.45) is 5.96.